The second-order valence-corrected chi connectivity index (χ2v) is 8.07. The fourth-order valence-electron chi connectivity index (χ4n) is 2.96. The summed E-state index contributed by atoms with van der Waals surface area (Å²) in [6, 6.07) is 9.96. The van der Waals surface area contributed by atoms with Crippen molar-refractivity contribution < 1.29 is 17.9 Å². The quantitative estimate of drug-likeness (QED) is 0.872. The average Bonchev–Trinajstić information content (AvgIpc) is 3.02. The number of aryl methyl sites for hydroxylation is 2. The smallest absolute Gasteiger partial charge is 0.261 e. The number of hydrogen-bond acceptors (Lipinski definition) is 4. The standard InChI is InChI=1S/C19H22N2O4S/c1-13-6-8-16(11-14(13)2)26(23,24)20-15-7-9-17(18(12-15)25-3)21-10-4-5-19(21)22/h6-9,11-12,20H,4-5,10H2,1-3H3. The zero-order valence-corrected chi connectivity index (χ0v) is 15.9. The van der Waals surface area contributed by atoms with Gasteiger partial charge in [0.05, 0.1) is 23.4 Å². The molecule has 7 heteroatoms. The Bertz CT molecular complexity index is 954. The predicted molar refractivity (Wildman–Crippen MR) is 101 cm³/mol. The van der Waals surface area contributed by atoms with Crippen molar-refractivity contribution in [1.29, 1.82) is 0 Å². The molecule has 1 heterocycles. The van der Waals surface area contributed by atoms with Crippen LogP contribution in [0.1, 0.15) is 24.0 Å². The lowest BCUT2D eigenvalue weighted by atomic mass is 10.1. The highest BCUT2D eigenvalue weighted by Gasteiger charge is 2.25. The largest absolute Gasteiger partial charge is 0.494 e. The van der Waals surface area contributed by atoms with Gasteiger partial charge in [-0.25, -0.2) is 8.42 Å². The van der Waals surface area contributed by atoms with E-state index >= 15 is 0 Å². The maximum Gasteiger partial charge on any atom is 0.261 e. The van der Waals surface area contributed by atoms with Crippen LogP contribution in [0, 0.1) is 13.8 Å². The molecule has 1 saturated heterocycles. The summed E-state index contributed by atoms with van der Waals surface area (Å²) in [5, 5.41) is 0. The summed E-state index contributed by atoms with van der Waals surface area (Å²) in [5.41, 5.74) is 2.98. The number of methoxy groups -OCH3 is 1. The molecular formula is C19H22N2O4S. The zero-order valence-electron chi connectivity index (χ0n) is 15.1. The van der Waals surface area contributed by atoms with E-state index in [1.54, 1.807) is 41.3 Å². The summed E-state index contributed by atoms with van der Waals surface area (Å²) in [4.78, 5) is 13.8. The molecule has 1 aliphatic heterocycles. The molecule has 26 heavy (non-hydrogen) atoms. The number of benzene rings is 2. The first kappa shape index (κ1) is 18.3. The average molecular weight is 374 g/mol. The Labute approximate surface area is 153 Å². The molecule has 3 rings (SSSR count). The Morgan fingerprint density at radius 1 is 1.08 bits per heavy atom. The molecule has 2 aromatic rings. The highest BCUT2D eigenvalue weighted by atomic mass is 32.2. The fourth-order valence-corrected chi connectivity index (χ4v) is 4.10. The van der Waals surface area contributed by atoms with E-state index in [-0.39, 0.29) is 10.8 Å². The van der Waals surface area contributed by atoms with Crippen LogP contribution in [0.4, 0.5) is 11.4 Å². The Balaban J connectivity index is 1.90. The molecule has 0 aliphatic carbocycles. The topological polar surface area (TPSA) is 75.7 Å². The van der Waals surface area contributed by atoms with Crippen LogP contribution in [0.25, 0.3) is 0 Å². The van der Waals surface area contributed by atoms with Gasteiger partial charge in [-0.1, -0.05) is 6.07 Å². The van der Waals surface area contributed by atoms with Gasteiger partial charge in [0.1, 0.15) is 5.75 Å². The van der Waals surface area contributed by atoms with Gasteiger partial charge in [-0.05, 0) is 55.7 Å². The Morgan fingerprint density at radius 2 is 1.85 bits per heavy atom. The van der Waals surface area contributed by atoms with Gasteiger partial charge in [0.25, 0.3) is 10.0 Å². The lowest BCUT2D eigenvalue weighted by Gasteiger charge is -2.20. The van der Waals surface area contributed by atoms with Crippen molar-refractivity contribution in [2.24, 2.45) is 0 Å². The first-order valence-electron chi connectivity index (χ1n) is 8.40. The molecule has 0 spiro atoms. The second-order valence-electron chi connectivity index (χ2n) is 6.39. The van der Waals surface area contributed by atoms with Crippen LogP contribution >= 0.6 is 0 Å². The highest BCUT2D eigenvalue weighted by molar-refractivity contribution is 7.92. The summed E-state index contributed by atoms with van der Waals surface area (Å²) >= 11 is 0. The maximum atomic E-state index is 12.6. The van der Waals surface area contributed by atoms with Gasteiger partial charge in [-0.15, -0.1) is 0 Å². The maximum absolute atomic E-state index is 12.6. The molecule has 1 fully saturated rings. The third-order valence-corrected chi connectivity index (χ3v) is 5.96. The SMILES string of the molecule is COc1cc(NS(=O)(=O)c2ccc(C)c(C)c2)ccc1N1CCCC1=O. The van der Waals surface area contributed by atoms with E-state index in [0.717, 1.165) is 17.5 Å². The number of rotatable bonds is 5. The van der Waals surface area contributed by atoms with E-state index in [2.05, 4.69) is 4.72 Å². The number of carbonyl (C=O) groups excluding carboxylic acids is 1. The monoisotopic (exact) mass is 374 g/mol. The summed E-state index contributed by atoms with van der Waals surface area (Å²) in [7, 11) is -2.21. The van der Waals surface area contributed by atoms with Crippen molar-refractivity contribution in [3.05, 3.63) is 47.5 Å². The van der Waals surface area contributed by atoms with Crippen LogP contribution in [0.5, 0.6) is 5.75 Å². The van der Waals surface area contributed by atoms with Crippen molar-refractivity contribution in [2.45, 2.75) is 31.6 Å². The van der Waals surface area contributed by atoms with Gasteiger partial charge in [0.15, 0.2) is 0 Å². The number of hydrogen-bond donors (Lipinski definition) is 1. The lowest BCUT2D eigenvalue weighted by Crippen LogP contribution is -2.24. The van der Waals surface area contributed by atoms with Crippen molar-refractivity contribution in [3.8, 4) is 5.75 Å². The van der Waals surface area contributed by atoms with Gasteiger partial charge >= 0.3 is 0 Å². The van der Waals surface area contributed by atoms with Gasteiger partial charge in [0, 0.05) is 19.0 Å². The van der Waals surface area contributed by atoms with Crippen LogP contribution in [0.15, 0.2) is 41.3 Å². The van der Waals surface area contributed by atoms with Crippen molar-refractivity contribution in [3.63, 3.8) is 0 Å². The zero-order chi connectivity index (χ0) is 18.9. The number of nitrogens with zero attached hydrogens (tertiary/aromatic N) is 1. The number of sulfonamides is 1. The molecule has 0 radical (unpaired) electrons. The van der Waals surface area contributed by atoms with E-state index in [0.29, 0.717) is 30.1 Å². The first-order chi connectivity index (χ1) is 12.3. The van der Waals surface area contributed by atoms with E-state index in [9.17, 15) is 13.2 Å². The van der Waals surface area contributed by atoms with Gasteiger partial charge in [-0.2, -0.15) is 0 Å². The molecule has 6 nitrogen and oxygen atoms in total. The predicted octanol–water partition coefficient (Wildman–Crippen LogP) is 3.24. The number of amides is 1. The minimum absolute atomic E-state index is 0.0479. The van der Waals surface area contributed by atoms with Crippen molar-refractivity contribution in [2.75, 3.05) is 23.3 Å². The molecule has 2 aromatic carbocycles. The molecule has 0 atom stereocenters. The van der Waals surface area contributed by atoms with E-state index in [4.69, 9.17) is 4.74 Å². The van der Waals surface area contributed by atoms with Crippen LogP contribution in [-0.4, -0.2) is 28.0 Å². The minimum Gasteiger partial charge on any atom is -0.494 e. The van der Waals surface area contributed by atoms with E-state index in [1.165, 1.54) is 7.11 Å². The molecule has 0 unspecified atom stereocenters. The number of nitrogens with one attached hydrogen (secondary N) is 1. The fraction of sp³-hybridized carbons (Fsp3) is 0.316. The first-order valence-corrected chi connectivity index (χ1v) is 9.88. The third kappa shape index (κ3) is 3.53. The second kappa shape index (κ2) is 6.99. The molecule has 1 N–H and O–H groups in total. The molecular weight excluding hydrogens is 352 g/mol. The van der Waals surface area contributed by atoms with Crippen molar-refractivity contribution in [1.82, 2.24) is 0 Å². The number of anilines is 2. The molecule has 138 valence electrons. The van der Waals surface area contributed by atoms with E-state index < -0.39 is 10.0 Å². The van der Waals surface area contributed by atoms with E-state index in [1.807, 2.05) is 13.8 Å². The third-order valence-electron chi connectivity index (χ3n) is 4.58. The van der Waals surface area contributed by atoms with Crippen LogP contribution in [0.2, 0.25) is 0 Å². The summed E-state index contributed by atoms with van der Waals surface area (Å²) in [6.07, 6.45) is 1.33. The Kier molecular flexibility index (Phi) is 4.91. The summed E-state index contributed by atoms with van der Waals surface area (Å²) < 4.78 is 33.2. The minimum atomic E-state index is -3.71. The van der Waals surface area contributed by atoms with Gasteiger partial charge in [-0.3, -0.25) is 9.52 Å². The molecule has 1 aliphatic rings. The normalized spacial score (nSPS) is 14.6. The van der Waals surface area contributed by atoms with Gasteiger partial charge < -0.3 is 9.64 Å². The summed E-state index contributed by atoms with van der Waals surface area (Å²) in [5.74, 6) is 0.507. The Hall–Kier alpha value is -2.54. The molecule has 1 amide bonds. The van der Waals surface area contributed by atoms with Crippen LogP contribution in [-0.2, 0) is 14.8 Å². The lowest BCUT2D eigenvalue weighted by molar-refractivity contribution is -0.117. The number of ether oxygens (including phenoxy) is 1. The van der Waals surface area contributed by atoms with Gasteiger partial charge in [0.2, 0.25) is 5.91 Å². The van der Waals surface area contributed by atoms with Crippen LogP contribution < -0.4 is 14.4 Å². The molecule has 0 bridgehead atoms. The van der Waals surface area contributed by atoms with Crippen molar-refractivity contribution >= 4 is 27.3 Å². The number of carbonyl (C=O) groups is 1. The highest BCUT2D eigenvalue weighted by Crippen LogP contribution is 2.34. The summed E-state index contributed by atoms with van der Waals surface area (Å²) in [6.45, 7) is 4.45. The molecule has 0 aromatic heterocycles. The molecule has 0 saturated carbocycles. The Morgan fingerprint density at radius 3 is 2.46 bits per heavy atom. The van der Waals surface area contributed by atoms with Crippen LogP contribution in [0.3, 0.4) is 0 Å².